The SMILES string of the molecule is CC1c2ccccc2C2CCNC1C2. The van der Waals surface area contributed by atoms with Crippen molar-refractivity contribution in [2.45, 2.75) is 37.6 Å². The van der Waals surface area contributed by atoms with Crippen molar-refractivity contribution < 1.29 is 0 Å². The molecule has 0 radical (unpaired) electrons. The van der Waals surface area contributed by atoms with Crippen molar-refractivity contribution in [3.8, 4) is 0 Å². The van der Waals surface area contributed by atoms with Gasteiger partial charge in [-0.05, 0) is 42.3 Å². The van der Waals surface area contributed by atoms with E-state index in [9.17, 15) is 0 Å². The first-order valence-electron chi connectivity index (χ1n) is 5.68. The van der Waals surface area contributed by atoms with Crippen LogP contribution in [0.25, 0.3) is 0 Å². The lowest BCUT2D eigenvalue weighted by Gasteiger charge is -2.41. The van der Waals surface area contributed by atoms with Gasteiger partial charge < -0.3 is 5.32 Å². The summed E-state index contributed by atoms with van der Waals surface area (Å²) in [5, 5.41) is 3.64. The predicted molar refractivity (Wildman–Crippen MR) is 58.6 cm³/mol. The molecule has 1 aliphatic carbocycles. The minimum atomic E-state index is 0.697. The van der Waals surface area contributed by atoms with Crippen LogP contribution in [0.15, 0.2) is 24.3 Å². The summed E-state index contributed by atoms with van der Waals surface area (Å²) >= 11 is 0. The molecule has 1 nitrogen and oxygen atoms in total. The summed E-state index contributed by atoms with van der Waals surface area (Å²) in [6, 6.07) is 9.73. The van der Waals surface area contributed by atoms with Crippen LogP contribution in [0, 0.1) is 0 Å². The highest BCUT2D eigenvalue weighted by Crippen LogP contribution is 2.42. The minimum absolute atomic E-state index is 0.697. The molecule has 1 fully saturated rings. The molecule has 1 aromatic carbocycles. The Hall–Kier alpha value is -0.820. The normalized spacial score (nSPS) is 35.1. The van der Waals surface area contributed by atoms with Crippen LogP contribution in [0.5, 0.6) is 0 Å². The first kappa shape index (κ1) is 8.49. The lowest BCUT2D eigenvalue weighted by Crippen LogP contribution is -2.44. The van der Waals surface area contributed by atoms with E-state index in [-0.39, 0.29) is 0 Å². The average molecular weight is 187 g/mol. The Kier molecular flexibility index (Phi) is 1.88. The van der Waals surface area contributed by atoms with Crippen LogP contribution in [-0.2, 0) is 0 Å². The fourth-order valence-electron chi connectivity index (χ4n) is 3.13. The summed E-state index contributed by atoms with van der Waals surface area (Å²) in [5.41, 5.74) is 3.21. The van der Waals surface area contributed by atoms with Gasteiger partial charge in [-0.15, -0.1) is 0 Å². The Morgan fingerprint density at radius 1 is 1.21 bits per heavy atom. The minimum Gasteiger partial charge on any atom is -0.313 e. The molecule has 2 bridgehead atoms. The zero-order valence-electron chi connectivity index (χ0n) is 8.66. The largest absolute Gasteiger partial charge is 0.313 e. The third-order valence-corrected chi connectivity index (χ3v) is 3.97. The van der Waals surface area contributed by atoms with Crippen LogP contribution in [0.4, 0.5) is 0 Å². The number of hydrogen-bond acceptors (Lipinski definition) is 1. The molecule has 2 aliphatic rings. The Morgan fingerprint density at radius 3 is 2.86 bits per heavy atom. The zero-order valence-corrected chi connectivity index (χ0v) is 8.66. The second-order valence-electron chi connectivity index (χ2n) is 4.70. The summed E-state index contributed by atoms with van der Waals surface area (Å²) in [4.78, 5) is 0. The summed E-state index contributed by atoms with van der Waals surface area (Å²) < 4.78 is 0. The molecule has 1 heterocycles. The summed E-state index contributed by atoms with van der Waals surface area (Å²) in [6.07, 6.45) is 2.67. The fourth-order valence-corrected chi connectivity index (χ4v) is 3.13. The topological polar surface area (TPSA) is 12.0 Å². The number of hydrogen-bond donors (Lipinski definition) is 1. The second-order valence-corrected chi connectivity index (χ2v) is 4.70. The third kappa shape index (κ3) is 1.12. The number of nitrogens with one attached hydrogen (secondary N) is 1. The van der Waals surface area contributed by atoms with E-state index < -0.39 is 0 Å². The van der Waals surface area contributed by atoms with E-state index in [4.69, 9.17) is 0 Å². The molecule has 1 aliphatic heterocycles. The molecule has 3 atom stereocenters. The molecule has 1 aromatic rings. The summed E-state index contributed by atoms with van der Waals surface area (Å²) in [7, 11) is 0. The van der Waals surface area contributed by atoms with Crippen molar-refractivity contribution in [1.82, 2.24) is 5.32 Å². The predicted octanol–water partition coefficient (Wildman–Crippen LogP) is 2.64. The van der Waals surface area contributed by atoms with E-state index in [0.29, 0.717) is 5.92 Å². The second kappa shape index (κ2) is 3.09. The summed E-state index contributed by atoms with van der Waals surface area (Å²) in [6.45, 7) is 3.56. The monoisotopic (exact) mass is 187 g/mol. The molecule has 0 aromatic heterocycles. The van der Waals surface area contributed by atoms with Crippen LogP contribution < -0.4 is 5.32 Å². The van der Waals surface area contributed by atoms with Gasteiger partial charge >= 0.3 is 0 Å². The standard InChI is InChI=1S/C13H17N/c1-9-11-4-2-3-5-12(11)10-6-7-14-13(9)8-10/h2-5,9-10,13-14H,6-8H2,1H3. The maximum atomic E-state index is 3.64. The molecule has 3 unspecified atom stereocenters. The molecule has 74 valence electrons. The zero-order chi connectivity index (χ0) is 9.54. The molecule has 0 spiro atoms. The molecule has 0 saturated carbocycles. The van der Waals surface area contributed by atoms with Gasteiger partial charge in [0.05, 0.1) is 0 Å². The van der Waals surface area contributed by atoms with Crippen molar-refractivity contribution in [1.29, 1.82) is 0 Å². The van der Waals surface area contributed by atoms with Gasteiger partial charge in [-0.25, -0.2) is 0 Å². The van der Waals surface area contributed by atoms with Gasteiger partial charge in [-0.3, -0.25) is 0 Å². The lowest BCUT2D eigenvalue weighted by atomic mass is 9.71. The van der Waals surface area contributed by atoms with Crippen LogP contribution in [0.2, 0.25) is 0 Å². The first-order valence-corrected chi connectivity index (χ1v) is 5.68. The van der Waals surface area contributed by atoms with Gasteiger partial charge in [0.2, 0.25) is 0 Å². The van der Waals surface area contributed by atoms with E-state index in [1.54, 1.807) is 11.1 Å². The molecule has 1 N–H and O–H groups in total. The lowest BCUT2D eigenvalue weighted by molar-refractivity contribution is 0.305. The van der Waals surface area contributed by atoms with E-state index in [0.717, 1.165) is 12.0 Å². The molecule has 1 heteroatoms. The van der Waals surface area contributed by atoms with Gasteiger partial charge in [-0.2, -0.15) is 0 Å². The van der Waals surface area contributed by atoms with Crippen molar-refractivity contribution in [3.63, 3.8) is 0 Å². The highest BCUT2D eigenvalue weighted by atomic mass is 14.9. The van der Waals surface area contributed by atoms with E-state index in [1.165, 1.54) is 19.4 Å². The van der Waals surface area contributed by atoms with E-state index in [1.807, 2.05) is 0 Å². The average Bonchev–Trinajstić information content (AvgIpc) is 2.27. The number of fused-ring (bicyclic) bond motifs is 4. The Bertz CT molecular complexity index is 324. The number of rotatable bonds is 0. The molecule has 0 amide bonds. The van der Waals surface area contributed by atoms with Gasteiger partial charge in [0.1, 0.15) is 0 Å². The van der Waals surface area contributed by atoms with Crippen LogP contribution in [0.1, 0.15) is 42.7 Å². The smallest absolute Gasteiger partial charge is 0.0139 e. The van der Waals surface area contributed by atoms with Gasteiger partial charge in [0.15, 0.2) is 0 Å². The Labute approximate surface area is 85.5 Å². The van der Waals surface area contributed by atoms with Crippen molar-refractivity contribution in [2.24, 2.45) is 0 Å². The Balaban J connectivity index is 2.11. The fraction of sp³-hybridized carbons (Fsp3) is 0.538. The number of piperidine rings is 1. The van der Waals surface area contributed by atoms with Crippen LogP contribution in [-0.4, -0.2) is 12.6 Å². The Morgan fingerprint density at radius 2 is 2.00 bits per heavy atom. The highest BCUT2D eigenvalue weighted by molar-refractivity contribution is 5.37. The third-order valence-electron chi connectivity index (χ3n) is 3.97. The van der Waals surface area contributed by atoms with Gasteiger partial charge in [0.25, 0.3) is 0 Å². The van der Waals surface area contributed by atoms with Crippen LogP contribution in [0.3, 0.4) is 0 Å². The van der Waals surface area contributed by atoms with Crippen molar-refractivity contribution >= 4 is 0 Å². The molecule has 14 heavy (non-hydrogen) atoms. The van der Waals surface area contributed by atoms with Crippen molar-refractivity contribution in [2.75, 3.05) is 6.54 Å². The maximum Gasteiger partial charge on any atom is 0.0139 e. The first-order chi connectivity index (χ1) is 6.86. The summed E-state index contributed by atoms with van der Waals surface area (Å²) in [5.74, 6) is 1.52. The van der Waals surface area contributed by atoms with Gasteiger partial charge in [-0.1, -0.05) is 31.2 Å². The van der Waals surface area contributed by atoms with Gasteiger partial charge in [0, 0.05) is 6.04 Å². The van der Waals surface area contributed by atoms with Crippen molar-refractivity contribution in [3.05, 3.63) is 35.4 Å². The maximum absolute atomic E-state index is 3.64. The van der Waals surface area contributed by atoms with Crippen LogP contribution >= 0.6 is 0 Å². The van der Waals surface area contributed by atoms with E-state index in [2.05, 4.69) is 36.5 Å². The quantitative estimate of drug-likeness (QED) is 0.658. The molecule has 1 saturated heterocycles. The molecule has 3 rings (SSSR count). The highest BCUT2D eigenvalue weighted by Gasteiger charge is 2.34. The molecular formula is C13H17N. The molecular weight excluding hydrogens is 170 g/mol. The number of benzene rings is 1. The van der Waals surface area contributed by atoms with E-state index >= 15 is 0 Å².